The molecule has 2 aromatic rings. The first-order chi connectivity index (χ1) is 8.50. The van der Waals surface area contributed by atoms with Crippen molar-refractivity contribution < 1.29 is 9.85 Å². The molecule has 2 rings (SSSR count). The summed E-state index contributed by atoms with van der Waals surface area (Å²) in [6.07, 6.45) is 0. The van der Waals surface area contributed by atoms with Crippen LogP contribution in [0.25, 0.3) is 11.1 Å². The Hall–Kier alpha value is -2.48. The predicted molar refractivity (Wildman–Crippen MR) is 67.5 cm³/mol. The van der Waals surface area contributed by atoms with Gasteiger partial charge >= 0.3 is 11.4 Å². The van der Waals surface area contributed by atoms with Gasteiger partial charge in [-0.15, -0.1) is 11.3 Å². The average molecular weight is 265 g/mol. The largest absolute Gasteiger partial charge is 0.390 e. The van der Waals surface area contributed by atoms with Crippen molar-refractivity contribution in [2.45, 2.75) is 0 Å². The molecular weight excluding hydrogens is 258 g/mol. The zero-order valence-electron chi connectivity index (χ0n) is 8.90. The molecule has 0 radical (unpaired) electrons. The van der Waals surface area contributed by atoms with Crippen molar-refractivity contribution in [2.75, 3.05) is 5.73 Å². The molecule has 1 heterocycles. The van der Waals surface area contributed by atoms with Gasteiger partial charge in [0.25, 0.3) is 0 Å². The smallest absolute Gasteiger partial charge is 0.346 e. The van der Waals surface area contributed by atoms with E-state index in [1.54, 1.807) is 11.4 Å². The Morgan fingerprint density at radius 2 is 1.72 bits per heavy atom. The highest BCUT2D eigenvalue weighted by Crippen LogP contribution is 2.36. The summed E-state index contributed by atoms with van der Waals surface area (Å²) in [5, 5.41) is 23.7. The van der Waals surface area contributed by atoms with Crippen LogP contribution in [-0.2, 0) is 0 Å². The zero-order valence-corrected chi connectivity index (χ0v) is 9.72. The van der Waals surface area contributed by atoms with E-state index >= 15 is 0 Å². The van der Waals surface area contributed by atoms with Crippen LogP contribution in [0.1, 0.15) is 0 Å². The van der Waals surface area contributed by atoms with Crippen molar-refractivity contribution >= 4 is 27.7 Å². The standard InChI is InChI=1S/C10H7N3O4S/c11-10-7(3-4-18-10)6-1-2-8(12(14)15)9(5-6)13(16)17/h1-5H,11H2. The van der Waals surface area contributed by atoms with Crippen molar-refractivity contribution in [3.63, 3.8) is 0 Å². The molecule has 0 bridgehead atoms. The van der Waals surface area contributed by atoms with Crippen LogP contribution in [0.15, 0.2) is 29.6 Å². The number of nitro benzene ring substituents is 2. The van der Waals surface area contributed by atoms with Crippen LogP contribution < -0.4 is 5.73 Å². The van der Waals surface area contributed by atoms with Gasteiger partial charge in [-0.3, -0.25) is 20.2 Å². The van der Waals surface area contributed by atoms with Crippen LogP contribution in [0.2, 0.25) is 0 Å². The first-order valence-corrected chi connectivity index (χ1v) is 5.65. The molecule has 0 aliphatic heterocycles. The Morgan fingerprint density at radius 1 is 1.06 bits per heavy atom. The summed E-state index contributed by atoms with van der Waals surface area (Å²) in [5.74, 6) is 0. The molecule has 0 spiro atoms. The molecule has 0 amide bonds. The summed E-state index contributed by atoms with van der Waals surface area (Å²) in [4.78, 5) is 19.9. The molecular formula is C10H7N3O4S. The van der Waals surface area contributed by atoms with Crippen LogP contribution in [-0.4, -0.2) is 9.85 Å². The minimum Gasteiger partial charge on any atom is -0.390 e. The lowest BCUT2D eigenvalue weighted by atomic mass is 10.1. The number of rotatable bonds is 3. The van der Waals surface area contributed by atoms with Crippen LogP contribution in [0.4, 0.5) is 16.4 Å². The number of hydrogen-bond acceptors (Lipinski definition) is 6. The topological polar surface area (TPSA) is 112 Å². The Labute approximate surface area is 105 Å². The summed E-state index contributed by atoms with van der Waals surface area (Å²) < 4.78 is 0. The van der Waals surface area contributed by atoms with E-state index in [1.165, 1.54) is 17.4 Å². The van der Waals surface area contributed by atoms with Gasteiger partial charge in [0.1, 0.15) is 0 Å². The van der Waals surface area contributed by atoms with E-state index in [2.05, 4.69) is 0 Å². The van der Waals surface area contributed by atoms with Gasteiger partial charge in [-0.1, -0.05) is 0 Å². The van der Waals surface area contributed by atoms with Crippen molar-refractivity contribution in [2.24, 2.45) is 0 Å². The van der Waals surface area contributed by atoms with Crippen LogP contribution in [0.3, 0.4) is 0 Å². The highest BCUT2D eigenvalue weighted by atomic mass is 32.1. The lowest BCUT2D eigenvalue weighted by Crippen LogP contribution is -1.97. The second-order valence-corrected chi connectivity index (χ2v) is 4.36. The molecule has 0 atom stereocenters. The lowest BCUT2D eigenvalue weighted by molar-refractivity contribution is -0.422. The second-order valence-electron chi connectivity index (χ2n) is 3.42. The SMILES string of the molecule is Nc1sccc1-c1ccc([N+](=O)[O-])c([N+](=O)[O-])c1. The highest BCUT2D eigenvalue weighted by molar-refractivity contribution is 7.14. The highest BCUT2D eigenvalue weighted by Gasteiger charge is 2.24. The van der Waals surface area contributed by atoms with Gasteiger partial charge in [0, 0.05) is 17.7 Å². The summed E-state index contributed by atoms with van der Waals surface area (Å²) in [7, 11) is 0. The van der Waals surface area contributed by atoms with E-state index in [9.17, 15) is 20.2 Å². The van der Waals surface area contributed by atoms with E-state index in [-0.39, 0.29) is 0 Å². The van der Waals surface area contributed by atoms with Crippen molar-refractivity contribution in [3.05, 3.63) is 49.9 Å². The van der Waals surface area contributed by atoms with E-state index in [4.69, 9.17) is 5.73 Å². The van der Waals surface area contributed by atoms with E-state index < -0.39 is 21.2 Å². The molecule has 1 aromatic carbocycles. The van der Waals surface area contributed by atoms with Gasteiger partial charge in [-0.25, -0.2) is 0 Å². The van der Waals surface area contributed by atoms with Gasteiger partial charge in [0.2, 0.25) is 0 Å². The molecule has 2 N–H and O–H groups in total. The van der Waals surface area contributed by atoms with E-state index in [0.29, 0.717) is 16.1 Å². The van der Waals surface area contributed by atoms with Crippen LogP contribution >= 0.6 is 11.3 Å². The Morgan fingerprint density at radius 3 is 2.22 bits per heavy atom. The average Bonchev–Trinajstić information content (AvgIpc) is 2.74. The molecule has 7 nitrogen and oxygen atoms in total. The molecule has 0 unspecified atom stereocenters. The van der Waals surface area contributed by atoms with Gasteiger partial charge < -0.3 is 5.73 Å². The third kappa shape index (κ3) is 2.00. The maximum absolute atomic E-state index is 10.8. The van der Waals surface area contributed by atoms with E-state index in [1.807, 2.05) is 0 Å². The van der Waals surface area contributed by atoms with E-state index in [0.717, 1.165) is 12.1 Å². The number of hydrogen-bond donors (Lipinski definition) is 1. The Balaban J connectivity index is 2.60. The molecule has 8 heteroatoms. The molecule has 0 fully saturated rings. The fourth-order valence-corrected chi connectivity index (χ4v) is 2.21. The second kappa shape index (κ2) is 4.41. The number of nitrogens with zero attached hydrogens (tertiary/aromatic N) is 2. The van der Waals surface area contributed by atoms with Gasteiger partial charge in [0.05, 0.1) is 14.8 Å². The lowest BCUT2D eigenvalue weighted by Gasteiger charge is -2.01. The summed E-state index contributed by atoms with van der Waals surface area (Å²) in [6, 6.07) is 5.44. The van der Waals surface area contributed by atoms with Crippen molar-refractivity contribution in [3.8, 4) is 11.1 Å². The summed E-state index contributed by atoms with van der Waals surface area (Å²) in [6.45, 7) is 0. The van der Waals surface area contributed by atoms with Crippen molar-refractivity contribution in [1.82, 2.24) is 0 Å². The summed E-state index contributed by atoms with van der Waals surface area (Å²) >= 11 is 1.30. The maximum atomic E-state index is 10.8. The third-order valence-electron chi connectivity index (χ3n) is 2.37. The molecule has 92 valence electrons. The monoisotopic (exact) mass is 265 g/mol. The number of benzene rings is 1. The Bertz CT molecular complexity index is 638. The van der Waals surface area contributed by atoms with Gasteiger partial charge in [0.15, 0.2) is 0 Å². The number of anilines is 1. The first kappa shape index (κ1) is 12.0. The first-order valence-electron chi connectivity index (χ1n) is 4.77. The molecule has 0 saturated heterocycles. The number of nitrogens with two attached hydrogens (primary N) is 1. The fourth-order valence-electron chi connectivity index (χ4n) is 1.55. The predicted octanol–water partition coefficient (Wildman–Crippen LogP) is 2.81. The number of nitro groups is 2. The van der Waals surface area contributed by atoms with Gasteiger partial charge in [-0.2, -0.15) is 0 Å². The normalized spacial score (nSPS) is 10.2. The molecule has 1 aromatic heterocycles. The molecule has 0 saturated carbocycles. The summed E-state index contributed by atoms with van der Waals surface area (Å²) in [5.41, 5.74) is 5.77. The number of thiophene rings is 1. The van der Waals surface area contributed by atoms with Crippen LogP contribution in [0.5, 0.6) is 0 Å². The molecule has 0 aliphatic rings. The molecule has 0 aliphatic carbocycles. The molecule has 18 heavy (non-hydrogen) atoms. The maximum Gasteiger partial charge on any atom is 0.346 e. The quantitative estimate of drug-likeness (QED) is 0.677. The third-order valence-corrected chi connectivity index (χ3v) is 3.12. The number of nitrogen functional groups attached to an aromatic ring is 1. The van der Waals surface area contributed by atoms with Crippen molar-refractivity contribution in [1.29, 1.82) is 0 Å². The fraction of sp³-hybridized carbons (Fsp3) is 0. The van der Waals surface area contributed by atoms with Gasteiger partial charge in [-0.05, 0) is 23.1 Å². The zero-order chi connectivity index (χ0) is 13.3. The minimum atomic E-state index is -0.779. The minimum absolute atomic E-state index is 0.492. The van der Waals surface area contributed by atoms with Crippen LogP contribution in [0, 0.1) is 20.2 Å². The Kier molecular flexibility index (Phi) is 2.94.